The minimum atomic E-state index is -3.49. The molecule has 1 N–H and O–H groups in total. The Morgan fingerprint density at radius 2 is 1.91 bits per heavy atom. The van der Waals surface area contributed by atoms with E-state index in [-0.39, 0.29) is 29.5 Å². The zero-order valence-electron chi connectivity index (χ0n) is 12.1. The Morgan fingerprint density at radius 3 is 2.55 bits per heavy atom. The Morgan fingerprint density at radius 1 is 1.23 bits per heavy atom. The van der Waals surface area contributed by atoms with Crippen LogP contribution in [0.4, 0.5) is 0 Å². The highest BCUT2D eigenvalue weighted by molar-refractivity contribution is 7.91. The summed E-state index contributed by atoms with van der Waals surface area (Å²) in [6.45, 7) is 0.660. The minimum Gasteiger partial charge on any atom is -0.481 e. The third-order valence-corrected chi connectivity index (χ3v) is 5.54. The van der Waals surface area contributed by atoms with Crippen LogP contribution in [-0.4, -0.2) is 49.1 Å². The van der Waals surface area contributed by atoms with Crippen LogP contribution in [0.3, 0.4) is 0 Å². The SMILES string of the molecule is O=C(O)C1CCCN(C(=O)CCS(=O)(=O)c2ccccc2)C1. The molecular formula is C15H19NO5S. The molecule has 7 heteroatoms. The average molecular weight is 325 g/mol. The lowest BCUT2D eigenvalue weighted by Crippen LogP contribution is -2.42. The number of piperidine rings is 1. The van der Waals surface area contributed by atoms with Crippen LogP contribution in [0.5, 0.6) is 0 Å². The number of benzene rings is 1. The van der Waals surface area contributed by atoms with Crippen LogP contribution in [0.2, 0.25) is 0 Å². The van der Waals surface area contributed by atoms with Gasteiger partial charge in [0.1, 0.15) is 0 Å². The van der Waals surface area contributed by atoms with Crippen molar-refractivity contribution < 1.29 is 23.1 Å². The first kappa shape index (κ1) is 16.5. The molecule has 0 aromatic heterocycles. The summed E-state index contributed by atoms with van der Waals surface area (Å²) in [6, 6.07) is 8.00. The van der Waals surface area contributed by atoms with E-state index < -0.39 is 21.7 Å². The van der Waals surface area contributed by atoms with E-state index in [1.54, 1.807) is 18.2 Å². The van der Waals surface area contributed by atoms with Gasteiger partial charge in [-0.3, -0.25) is 9.59 Å². The molecule has 0 spiro atoms. The van der Waals surface area contributed by atoms with Gasteiger partial charge < -0.3 is 10.0 Å². The molecule has 0 aliphatic carbocycles. The molecule has 0 bridgehead atoms. The Balaban J connectivity index is 1.94. The summed E-state index contributed by atoms with van der Waals surface area (Å²) in [7, 11) is -3.49. The van der Waals surface area contributed by atoms with Gasteiger partial charge in [0.05, 0.1) is 16.6 Å². The summed E-state index contributed by atoms with van der Waals surface area (Å²) in [4.78, 5) is 24.8. The number of carbonyl (C=O) groups is 2. The monoisotopic (exact) mass is 325 g/mol. The zero-order chi connectivity index (χ0) is 16.2. The molecule has 1 saturated heterocycles. The van der Waals surface area contributed by atoms with Crippen LogP contribution in [0.1, 0.15) is 19.3 Å². The smallest absolute Gasteiger partial charge is 0.308 e. The lowest BCUT2D eigenvalue weighted by molar-refractivity contribution is -0.145. The van der Waals surface area contributed by atoms with Gasteiger partial charge in [-0.25, -0.2) is 8.42 Å². The molecule has 0 radical (unpaired) electrons. The predicted molar refractivity (Wildman–Crippen MR) is 80.1 cm³/mol. The van der Waals surface area contributed by atoms with Crippen molar-refractivity contribution in [1.82, 2.24) is 4.90 Å². The minimum absolute atomic E-state index is 0.121. The third kappa shape index (κ3) is 4.07. The average Bonchev–Trinajstić information content (AvgIpc) is 2.53. The topological polar surface area (TPSA) is 91.8 Å². The first-order valence-electron chi connectivity index (χ1n) is 7.18. The van der Waals surface area contributed by atoms with Crippen molar-refractivity contribution in [2.75, 3.05) is 18.8 Å². The van der Waals surface area contributed by atoms with Gasteiger partial charge in [0.15, 0.2) is 9.84 Å². The molecule has 6 nitrogen and oxygen atoms in total. The molecule has 1 aliphatic heterocycles. The molecule has 120 valence electrons. The number of hydrogen-bond donors (Lipinski definition) is 1. The largest absolute Gasteiger partial charge is 0.481 e. The summed E-state index contributed by atoms with van der Waals surface area (Å²) in [6.07, 6.45) is 1.07. The van der Waals surface area contributed by atoms with E-state index in [0.717, 1.165) is 0 Å². The van der Waals surface area contributed by atoms with Gasteiger partial charge in [0.2, 0.25) is 5.91 Å². The van der Waals surface area contributed by atoms with Crippen molar-refractivity contribution in [2.45, 2.75) is 24.2 Å². The van der Waals surface area contributed by atoms with Crippen molar-refractivity contribution in [2.24, 2.45) is 5.92 Å². The molecule has 1 unspecified atom stereocenters. The second-order valence-corrected chi connectivity index (χ2v) is 7.51. The number of aliphatic carboxylic acids is 1. The maximum absolute atomic E-state index is 12.1. The molecule has 0 saturated carbocycles. The van der Waals surface area contributed by atoms with Crippen LogP contribution >= 0.6 is 0 Å². The lowest BCUT2D eigenvalue weighted by Gasteiger charge is -2.30. The fourth-order valence-electron chi connectivity index (χ4n) is 2.53. The van der Waals surface area contributed by atoms with E-state index in [4.69, 9.17) is 5.11 Å². The molecule has 1 aromatic carbocycles. The lowest BCUT2D eigenvalue weighted by atomic mass is 9.98. The number of likely N-dealkylation sites (tertiary alicyclic amines) is 1. The number of carboxylic acids is 1. The van der Waals surface area contributed by atoms with Crippen LogP contribution in [0, 0.1) is 5.92 Å². The summed E-state index contributed by atoms with van der Waals surface area (Å²) in [5, 5.41) is 9.01. The molecule has 1 aliphatic rings. The first-order chi connectivity index (χ1) is 10.4. The van der Waals surface area contributed by atoms with E-state index in [1.807, 2.05) is 0 Å². The van der Waals surface area contributed by atoms with Crippen molar-refractivity contribution in [3.63, 3.8) is 0 Å². The predicted octanol–water partition coefficient (Wildman–Crippen LogP) is 1.17. The second kappa shape index (κ2) is 6.91. The Bertz CT molecular complexity index is 641. The molecule has 2 rings (SSSR count). The normalized spacial score (nSPS) is 18.9. The maximum Gasteiger partial charge on any atom is 0.308 e. The number of rotatable bonds is 5. The highest BCUT2D eigenvalue weighted by Gasteiger charge is 2.28. The zero-order valence-corrected chi connectivity index (χ0v) is 13.0. The van der Waals surface area contributed by atoms with Gasteiger partial charge in [0, 0.05) is 19.5 Å². The number of nitrogens with zero attached hydrogens (tertiary/aromatic N) is 1. The quantitative estimate of drug-likeness (QED) is 0.877. The Kier molecular flexibility index (Phi) is 5.18. The molecule has 1 fully saturated rings. The van der Waals surface area contributed by atoms with E-state index in [0.29, 0.717) is 19.4 Å². The van der Waals surface area contributed by atoms with Crippen LogP contribution < -0.4 is 0 Å². The van der Waals surface area contributed by atoms with Crippen molar-refractivity contribution in [3.05, 3.63) is 30.3 Å². The number of amides is 1. The Hall–Kier alpha value is -1.89. The summed E-state index contributed by atoms with van der Waals surface area (Å²) in [5.41, 5.74) is 0. The first-order valence-corrected chi connectivity index (χ1v) is 8.84. The van der Waals surface area contributed by atoms with Gasteiger partial charge in [-0.05, 0) is 25.0 Å². The summed E-state index contributed by atoms with van der Waals surface area (Å²) >= 11 is 0. The molecule has 1 atom stereocenters. The molecule has 22 heavy (non-hydrogen) atoms. The number of sulfone groups is 1. The standard InChI is InChI=1S/C15H19NO5S/c17-14(16-9-4-5-12(11-16)15(18)19)8-10-22(20,21)13-6-2-1-3-7-13/h1-3,6-7,12H,4-5,8-11H2,(H,18,19). The second-order valence-electron chi connectivity index (χ2n) is 5.40. The molecule has 1 aromatic rings. The van der Waals surface area contributed by atoms with Crippen LogP contribution in [0.15, 0.2) is 35.2 Å². The van der Waals surface area contributed by atoms with Gasteiger partial charge in [-0.15, -0.1) is 0 Å². The van der Waals surface area contributed by atoms with Crippen molar-refractivity contribution in [1.29, 1.82) is 0 Å². The third-order valence-electron chi connectivity index (χ3n) is 3.81. The fraction of sp³-hybridized carbons (Fsp3) is 0.467. The maximum atomic E-state index is 12.1. The number of carbonyl (C=O) groups excluding carboxylic acids is 1. The van der Waals surface area contributed by atoms with E-state index in [9.17, 15) is 18.0 Å². The number of carboxylic acid groups (broad SMARTS) is 1. The number of hydrogen-bond acceptors (Lipinski definition) is 4. The molecule has 1 amide bonds. The molecular weight excluding hydrogens is 306 g/mol. The highest BCUT2D eigenvalue weighted by Crippen LogP contribution is 2.18. The van der Waals surface area contributed by atoms with Gasteiger partial charge in [0.25, 0.3) is 0 Å². The highest BCUT2D eigenvalue weighted by atomic mass is 32.2. The van der Waals surface area contributed by atoms with Crippen molar-refractivity contribution >= 4 is 21.7 Å². The van der Waals surface area contributed by atoms with E-state index in [1.165, 1.54) is 17.0 Å². The van der Waals surface area contributed by atoms with Crippen LogP contribution in [-0.2, 0) is 19.4 Å². The fourth-order valence-corrected chi connectivity index (χ4v) is 3.78. The Labute approximate surface area is 129 Å². The van der Waals surface area contributed by atoms with Gasteiger partial charge >= 0.3 is 5.97 Å². The summed E-state index contributed by atoms with van der Waals surface area (Å²) < 4.78 is 24.3. The van der Waals surface area contributed by atoms with Gasteiger partial charge in [-0.1, -0.05) is 18.2 Å². The van der Waals surface area contributed by atoms with E-state index in [2.05, 4.69) is 0 Å². The molecule has 1 heterocycles. The van der Waals surface area contributed by atoms with Gasteiger partial charge in [-0.2, -0.15) is 0 Å². The van der Waals surface area contributed by atoms with Crippen molar-refractivity contribution in [3.8, 4) is 0 Å². The van der Waals surface area contributed by atoms with E-state index >= 15 is 0 Å². The summed E-state index contributed by atoms with van der Waals surface area (Å²) in [5.74, 6) is -2.02. The van der Waals surface area contributed by atoms with Crippen LogP contribution in [0.25, 0.3) is 0 Å².